The summed E-state index contributed by atoms with van der Waals surface area (Å²) >= 11 is 0. The Balaban J connectivity index is 1.05. The number of hydrogen-bond acceptors (Lipinski definition) is 10. The van der Waals surface area contributed by atoms with Gasteiger partial charge in [-0.1, -0.05) is 182 Å². The molecule has 2 heterocycles. The normalized spacial score (nSPS) is 24.6. The first-order valence-electron chi connectivity index (χ1n) is 21.7. The first-order valence-corrected chi connectivity index (χ1v) is 21.7. The molecule has 0 radical (unpaired) electrons. The van der Waals surface area contributed by atoms with Crippen LogP contribution in [0.25, 0.3) is 0 Å². The van der Waals surface area contributed by atoms with Crippen LogP contribution in [-0.4, -0.2) is 73.6 Å². The summed E-state index contributed by atoms with van der Waals surface area (Å²) in [7, 11) is 0. The molecule has 2 aliphatic rings. The van der Waals surface area contributed by atoms with E-state index in [1.165, 1.54) is 0 Å². The second-order valence-electron chi connectivity index (χ2n) is 15.7. The van der Waals surface area contributed by atoms with Crippen LogP contribution in [0.1, 0.15) is 33.4 Å². The molecule has 6 aromatic rings. The number of benzene rings is 6. The summed E-state index contributed by atoms with van der Waals surface area (Å²) in [6.45, 7) is 1.99. The van der Waals surface area contributed by atoms with Gasteiger partial charge in [0.25, 0.3) is 0 Å². The molecule has 1 N–H and O–H groups in total. The highest BCUT2D eigenvalue weighted by molar-refractivity contribution is 5.18. The van der Waals surface area contributed by atoms with Gasteiger partial charge in [-0.3, -0.25) is 0 Å². The third-order valence-corrected chi connectivity index (χ3v) is 11.1. The Labute approximate surface area is 370 Å². The second-order valence-corrected chi connectivity index (χ2v) is 15.7. The highest BCUT2D eigenvalue weighted by atomic mass is 16.7. The quantitative estimate of drug-likeness (QED) is 0.0715. The molecule has 8 rings (SSSR count). The third kappa shape index (κ3) is 13.0. The van der Waals surface area contributed by atoms with Crippen LogP contribution in [0.4, 0.5) is 0 Å². The van der Waals surface area contributed by atoms with Crippen molar-refractivity contribution in [2.75, 3.05) is 13.2 Å². The van der Waals surface area contributed by atoms with Crippen LogP contribution in [0.15, 0.2) is 182 Å². The Kier molecular flexibility index (Phi) is 16.7. The van der Waals surface area contributed by atoms with E-state index in [1.54, 1.807) is 0 Å². The number of rotatable bonds is 22. The fourth-order valence-electron chi connectivity index (χ4n) is 7.83. The van der Waals surface area contributed by atoms with Crippen LogP contribution in [0, 0.1) is 0 Å². The summed E-state index contributed by atoms with van der Waals surface area (Å²) in [6.07, 6.45) is -7.22. The summed E-state index contributed by atoms with van der Waals surface area (Å²) in [4.78, 5) is 0. The number of ether oxygens (including phenoxy) is 9. The first kappa shape index (κ1) is 44.5. The zero-order valence-electron chi connectivity index (χ0n) is 35.3. The molecule has 10 heteroatoms. The molecular formula is C53H56O10. The Hall–Kier alpha value is -5.08. The van der Waals surface area contributed by atoms with Gasteiger partial charge in [0.05, 0.1) is 52.9 Å². The maximum atomic E-state index is 11.8. The number of hydrogen-bond donors (Lipinski definition) is 1. The Morgan fingerprint density at radius 2 is 0.635 bits per heavy atom. The lowest BCUT2D eigenvalue weighted by atomic mass is 9.98. The van der Waals surface area contributed by atoms with Crippen LogP contribution >= 0.6 is 0 Å². The van der Waals surface area contributed by atoms with Crippen LogP contribution in [-0.2, 0) is 82.3 Å². The van der Waals surface area contributed by atoms with Gasteiger partial charge in [-0.25, -0.2) is 0 Å². The Morgan fingerprint density at radius 3 is 1.05 bits per heavy atom. The molecule has 2 fully saturated rings. The zero-order valence-corrected chi connectivity index (χ0v) is 35.3. The molecule has 6 aromatic carbocycles. The van der Waals surface area contributed by atoms with E-state index in [1.807, 2.05) is 182 Å². The minimum absolute atomic E-state index is 0.0357. The lowest BCUT2D eigenvalue weighted by Gasteiger charge is -2.44. The van der Waals surface area contributed by atoms with E-state index in [9.17, 15) is 5.11 Å². The van der Waals surface area contributed by atoms with Gasteiger partial charge >= 0.3 is 0 Å². The Bertz CT molecular complexity index is 2150. The minimum Gasteiger partial charge on any atom is -0.374 e. The molecule has 0 amide bonds. The van der Waals surface area contributed by atoms with Crippen molar-refractivity contribution in [3.8, 4) is 0 Å². The summed E-state index contributed by atoms with van der Waals surface area (Å²) in [5, 5.41) is 11.8. The van der Waals surface area contributed by atoms with Crippen molar-refractivity contribution in [3.05, 3.63) is 215 Å². The maximum Gasteiger partial charge on any atom is 0.187 e. The third-order valence-electron chi connectivity index (χ3n) is 11.1. The van der Waals surface area contributed by atoms with Gasteiger partial charge < -0.3 is 47.7 Å². The molecule has 0 unspecified atom stereocenters. The molecule has 63 heavy (non-hydrogen) atoms. The summed E-state index contributed by atoms with van der Waals surface area (Å²) in [6, 6.07) is 59.6. The minimum atomic E-state index is -1.37. The summed E-state index contributed by atoms with van der Waals surface area (Å²) in [5.74, 6) is 0. The molecule has 10 nitrogen and oxygen atoms in total. The van der Waals surface area contributed by atoms with Crippen LogP contribution < -0.4 is 0 Å². The molecule has 0 aliphatic carbocycles. The molecule has 9 atom stereocenters. The molecule has 0 spiro atoms. The predicted molar refractivity (Wildman–Crippen MR) is 237 cm³/mol. The fraction of sp³-hybridized carbons (Fsp3) is 0.321. The maximum absolute atomic E-state index is 11.8. The first-order chi connectivity index (χ1) is 31.2. The van der Waals surface area contributed by atoms with Crippen LogP contribution in [0.3, 0.4) is 0 Å². The van der Waals surface area contributed by atoms with Crippen molar-refractivity contribution < 1.29 is 47.7 Å². The van der Waals surface area contributed by atoms with Crippen molar-refractivity contribution in [2.24, 2.45) is 0 Å². The largest absolute Gasteiger partial charge is 0.374 e. The SMILES string of the molecule is O[C@H]1O[C@H](CO[C@@H]2O[C@H](COCc3ccccc3)[C@@H](OCc3ccccc3)[C@H]2OCc2ccccc2)[C@@H](OCc2ccccc2)[C@H](OCc2ccccc2)[C@H]1OCc1ccccc1. The van der Waals surface area contributed by atoms with Gasteiger partial charge in [0.1, 0.15) is 42.7 Å². The van der Waals surface area contributed by atoms with Crippen molar-refractivity contribution in [1.82, 2.24) is 0 Å². The van der Waals surface area contributed by atoms with Gasteiger partial charge in [0, 0.05) is 0 Å². The molecule has 2 saturated heterocycles. The lowest BCUT2D eigenvalue weighted by molar-refractivity contribution is -0.323. The van der Waals surface area contributed by atoms with Crippen molar-refractivity contribution in [2.45, 2.75) is 94.9 Å². The van der Waals surface area contributed by atoms with Gasteiger partial charge in [0.2, 0.25) is 0 Å². The average Bonchev–Trinajstić information content (AvgIpc) is 3.67. The van der Waals surface area contributed by atoms with Gasteiger partial charge in [-0.15, -0.1) is 0 Å². The van der Waals surface area contributed by atoms with Gasteiger partial charge in [-0.05, 0) is 33.4 Å². The molecular weight excluding hydrogens is 797 g/mol. The average molecular weight is 853 g/mol. The van der Waals surface area contributed by atoms with E-state index >= 15 is 0 Å². The van der Waals surface area contributed by atoms with E-state index in [0.717, 1.165) is 33.4 Å². The summed E-state index contributed by atoms with van der Waals surface area (Å²) in [5.41, 5.74) is 5.94. The molecule has 2 aliphatic heterocycles. The number of aliphatic hydroxyl groups is 1. The standard InChI is InChI=1S/C53H56O10/c54-52-50(59-35-43-27-15-5-16-28-43)49(58-34-42-25-13-4-14-26-42)47(56-32-40-21-9-2-10-22-40)46(62-52)38-61-53-51(60-36-44-29-17-6-18-30-44)48(57-33-41-23-11-3-12-24-41)45(63-53)37-55-31-39-19-7-1-8-20-39/h1-30,45-54H,31-38H2/t45-,46-,47-,48-,49+,50-,51-,52+,53-/m1/s1. The van der Waals surface area contributed by atoms with Crippen molar-refractivity contribution in [1.29, 1.82) is 0 Å². The lowest BCUT2D eigenvalue weighted by Crippen LogP contribution is -2.61. The van der Waals surface area contributed by atoms with E-state index < -0.39 is 55.3 Å². The Morgan fingerprint density at radius 1 is 0.317 bits per heavy atom. The zero-order chi connectivity index (χ0) is 42.9. The van der Waals surface area contributed by atoms with Crippen molar-refractivity contribution >= 4 is 0 Å². The number of aliphatic hydroxyl groups excluding tert-OH is 1. The summed E-state index contributed by atoms with van der Waals surface area (Å²) < 4.78 is 59.4. The predicted octanol–water partition coefficient (Wildman–Crippen LogP) is 8.59. The fourth-order valence-corrected chi connectivity index (χ4v) is 7.83. The van der Waals surface area contributed by atoms with Crippen LogP contribution in [0.5, 0.6) is 0 Å². The highest BCUT2D eigenvalue weighted by Crippen LogP contribution is 2.33. The molecule has 0 bridgehead atoms. The van der Waals surface area contributed by atoms with E-state index in [0.29, 0.717) is 19.8 Å². The second kappa shape index (κ2) is 23.6. The van der Waals surface area contributed by atoms with E-state index in [-0.39, 0.29) is 33.0 Å². The monoisotopic (exact) mass is 852 g/mol. The van der Waals surface area contributed by atoms with Gasteiger partial charge in [0.15, 0.2) is 12.6 Å². The molecule has 328 valence electrons. The topological polar surface area (TPSA) is 103 Å². The van der Waals surface area contributed by atoms with E-state index in [2.05, 4.69) is 0 Å². The highest BCUT2D eigenvalue weighted by Gasteiger charge is 2.51. The molecule has 0 aromatic heterocycles. The smallest absolute Gasteiger partial charge is 0.187 e. The molecule has 0 saturated carbocycles. The van der Waals surface area contributed by atoms with Gasteiger partial charge in [-0.2, -0.15) is 0 Å². The van der Waals surface area contributed by atoms with Crippen LogP contribution in [0.2, 0.25) is 0 Å². The van der Waals surface area contributed by atoms with E-state index in [4.69, 9.17) is 42.6 Å². The van der Waals surface area contributed by atoms with Crippen molar-refractivity contribution in [3.63, 3.8) is 0 Å².